The summed E-state index contributed by atoms with van der Waals surface area (Å²) in [5.41, 5.74) is 1.77. The van der Waals surface area contributed by atoms with Gasteiger partial charge in [-0.3, -0.25) is 14.9 Å². The minimum absolute atomic E-state index is 0. The number of amides is 1. The number of carboxylic acid groups (broad SMARTS) is 1. The van der Waals surface area contributed by atoms with Crippen molar-refractivity contribution in [2.24, 2.45) is 0 Å². The van der Waals surface area contributed by atoms with E-state index < -0.39 is 54.1 Å². The van der Waals surface area contributed by atoms with Gasteiger partial charge in [0.15, 0.2) is 0 Å². The summed E-state index contributed by atoms with van der Waals surface area (Å²) >= 11 is 0. The van der Waals surface area contributed by atoms with Crippen LogP contribution in [0.4, 0.5) is 0 Å². The van der Waals surface area contributed by atoms with Gasteiger partial charge in [-0.15, -0.1) is 12.4 Å². The molecule has 0 saturated carbocycles. The summed E-state index contributed by atoms with van der Waals surface area (Å²) in [6.45, 7) is 3.35. The third-order valence-electron chi connectivity index (χ3n) is 5.44. The molecular formula is C25H31ClN2O5. The van der Waals surface area contributed by atoms with Gasteiger partial charge < -0.3 is 14.7 Å². The lowest BCUT2D eigenvalue weighted by Gasteiger charge is -2.36. The number of nitrogens with zero attached hydrogens (tertiary/aromatic N) is 1. The molecule has 7 nitrogen and oxygen atoms in total. The molecule has 0 bridgehead atoms. The molecule has 0 unspecified atom stereocenters. The van der Waals surface area contributed by atoms with E-state index in [1.54, 1.807) is 6.92 Å². The minimum atomic E-state index is -1.13. The molecule has 1 amide bonds. The highest BCUT2D eigenvalue weighted by atomic mass is 35.5. The summed E-state index contributed by atoms with van der Waals surface area (Å²) < 4.78 is 44.8. The number of carboxylic acids is 1. The van der Waals surface area contributed by atoms with Crippen LogP contribution in [0.1, 0.15) is 43.8 Å². The van der Waals surface area contributed by atoms with E-state index in [1.807, 2.05) is 24.3 Å². The highest BCUT2D eigenvalue weighted by Gasteiger charge is 2.37. The molecule has 0 spiro atoms. The van der Waals surface area contributed by atoms with E-state index in [2.05, 4.69) is 5.32 Å². The lowest BCUT2D eigenvalue weighted by Crippen LogP contribution is -2.56. The maximum atomic E-state index is 13.4. The van der Waals surface area contributed by atoms with Crippen LogP contribution < -0.4 is 5.32 Å². The van der Waals surface area contributed by atoms with Crippen LogP contribution in [0.5, 0.6) is 0 Å². The van der Waals surface area contributed by atoms with E-state index in [1.165, 1.54) is 11.8 Å². The van der Waals surface area contributed by atoms with Crippen molar-refractivity contribution in [2.45, 2.75) is 57.8 Å². The first-order valence-corrected chi connectivity index (χ1v) is 10.6. The van der Waals surface area contributed by atoms with Crippen molar-refractivity contribution >= 4 is 30.3 Å². The van der Waals surface area contributed by atoms with E-state index in [0.29, 0.717) is 0 Å². The Balaban J connectivity index is 0.00000507. The van der Waals surface area contributed by atoms with Gasteiger partial charge in [0.1, 0.15) is 12.1 Å². The van der Waals surface area contributed by atoms with Gasteiger partial charge in [0, 0.05) is 13.0 Å². The maximum Gasteiger partial charge on any atom is 0.326 e. The van der Waals surface area contributed by atoms with E-state index in [-0.39, 0.29) is 62.5 Å². The van der Waals surface area contributed by atoms with E-state index in [0.717, 1.165) is 11.1 Å². The Bertz CT molecular complexity index is 1190. The molecule has 1 aliphatic heterocycles. The lowest BCUT2D eigenvalue weighted by atomic mass is 9.93. The Morgan fingerprint density at radius 1 is 1.21 bits per heavy atom. The van der Waals surface area contributed by atoms with Crippen molar-refractivity contribution < 1.29 is 31.1 Å². The van der Waals surface area contributed by atoms with Gasteiger partial charge in [-0.05, 0) is 43.4 Å². The third-order valence-corrected chi connectivity index (χ3v) is 5.44. The fraction of sp³-hybridized carbons (Fsp3) is 0.400. The van der Waals surface area contributed by atoms with Gasteiger partial charge in [0.2, 0.25) is 5.91 Å². The smallest absolute Gasteiger partial charge is 0.326 e. The second-order valence-corrected chi connectivity index (χ2v) is 7.63. The van der Waals surface area contributed by atoms with Crippen LogP contribution in [0.2, 0.25) is 0 Å². The number of esters is 1. The van der Waals surface area contributed by atoms with Crippen molar-refractivity contribution in [3.05, 3.63) is 71.2 Å². The first-order chi connectivity index (χ1) is 17.5. The number of aliphatic carboxylic acids is 1. The van der Waals surface area contributed by atoms with Crippen LogP contribution in [0, 0.1) is 0 Å². The normalized spacial score (nSPS) is 18.8. The van der Waals surface area contributed by atoms with Gasteiger partial charge in [0.05, 0.1) is 19.5 Å². The number of nitrogens with one attached hydrogen (secondary N) is 1. The molecule has 3 atom stereocenters. The van der Waals surface area contributed by atoms with Crippen LogP contribution in [0.3, 0.4) is 0 Å². The zero-order valence-corrected chi connectivity index (χ0v) is 19.3. The Morgan fingerprint density at radius 2 is 1.88 bits per heavy atom. The highest BCUT2D eigenvalue weighted by Crippen LogP contribution is 2.24. The molecule has 33 heavy (non-hydrogen) atoms. The zero-order valence-electron chi connectivity index (χ0n) is 23.5. The average Bonchev–Trinajstić information content (AvgIpc) is 2.88. The number of halogens is 1. The number of benzene rings is 2. The zero-order chi connectivity index (χ0) is 27.4. The largest absolute Gasteiger partial charge is 0.480 e. The van der Waals surface area contributed by atoms with Crippen LogP contribution in [-0.2, 0) is 38.5 Å². The molecule has 3 rings (SSSR count). The van der Waals surface area contributed by atoms with Gasteiger partial charge in [-0.1, -0.05) is 54.5 Å². The summed E-state index contributed by atoms with van der Waals surface area (Å²) in [5.74, 6) is -2.29. The molecule has 0 saturated heterocycles. The first kappa shape index (κ1) is 19.6. The van der Waals surface area contributed by atoms with Gasteiger partial charge >= 0.3 is 11.9 Å². The Kier molecular flexibility index (Phi) is 7.33. The summed E-state index contributed by atoms with van der Waals surface area (Å²) in [6, 6.07) is 2.13. The number of carbonyl (C=O) groups excluding carboxylic acids is 2. The van der Waals surface area contributed by atoms with Crippen LogP contribution in [-0.4, -0.2) is 52.6 Å². The fourth-order valence-electron chi connectivity index (χ4n) is 3.80. The topological polar surface area (TPSA) is 95.9 Å². The summed E-state index contributed by atoms with van der Waals surface area (Å²) in [4.78, 5) is 39.3. The second-order valence-electron chi connectivity index (χ2n) is 7.63. The highest BCUT2D eigenvalue weighted by molar-refractivity contribution is 5.88. The van der Waals surface area contributed by atoms with Crippen molar-refractivity contribution in [3.8, 4) is 0 Å². The third kappa shape index (κ3) is 6.79. The molecule has 0 aliphatic carbocycles. The number of fused-ring (bicyclic) bond motifs is 1. The predicted octanol–water partition coefficient (Wildman–Crippen LogP) is 2.99. The number of ether oxygens (including phenoxy) is 1. The fourth-order valence-corrected chi connectivity index (χ4v) is 3.80. The Hall–Kier alpha value is -2.90. The standard InChI is InChI=1S/C25H30N2O5.ClH/c1-3-32-25(31)21(14-13-18-9-5-4-6-10-18)26-17(2)23(28)27-16-20-12-8-7-11-19(20)15-22(27)24(29)30;/h4-12,17,21-22,26H,3,13-16H2,1-2H3,(H,29,30);1H/t17-,21-,22-;/m0./s1/i4D,5D,6D,9D,10D;. The van der Waals surface area contributed by atoms with E-state index >= 15 is 0 Å². The quantitative estimate of drug-likeness (QED) is 0.537. The Morgan fingerprint density at radius 3 is 2.52 bits per heavy atom. The monoisotopic (exact) mass is 479 g/mol. The van der Waals surface area contributed by atoms with Crippen molar-refractivity contribution in [2.75, 3.05) is 6.61 Å². The van der Waals surface area contributed by atoms with Gasteiger partial charge in [-0.2, -0.15) is 0 Å². The summed E-state index contributed by atoms with van der Waals surface area (Å²) in [7, 11) is 0. The average molecular weight is 480 g/mol. The molecule has 0 fully saturated rings. The van der Waals surface area contributed by atoms with Crippen molar-refractivity contribution in [1.82, 2.24) is 10.2 Å². The molecule has 2 N–H and O–H groups in total. The van der Waals surface area contributed by atoms with E-state index in [9.17, 15) is 19.5 Å². The number of hydrogen-bond acceptors (Lipinski definition) is 5. The molecule has 2 aromatic rings. The summed E-state index contributed by atoms with van der Waals surface area (Å²) in [5, 5.41) is 12.7. The van der Waals surface area contributed by atoms with Gasteiger partial charge in [-0.25, -0.2) is 4.79 Å². The molecule has 0 radical (unpaired) electrons. The lowest BCUT2D eigenvalue weighted by molar-refractivity contribution is -0.153. The van der Waals surface area contributed by atoms with Crippen LogP contribution in [0.25, 0.3) is 0 Å². The van der Waals surface area contributed by atoms with E-state index in [4.69, 9.17) is 11.6 Å². The maximum absolute atomic E-state index is 13.4. The molecular weight excluding hydrogens is 444 g/mol. The first-order valence-electron chi connectivity index (χ1n) is 13.1. The molecule has 0 aromatic heterocycles. The predicted molar refractivity (Wildman–Crippen MR) is 127 cm³/mol. The van der Waals surface area contributed by atoms with Crippen LogP contribution >= 0.6 is 12.4 Å². The SMILES string of the molecule is Cl.[2H]c1c([2H])c([2H])c(CC[C@H](N[C@@H](C)C(=O)N2Cc3ccccc3C[C@H]2C(=O)O)C(=O)OCC)c([2H])c1[2H]. The summed E-state index contributed by atoms with van der Waals surface area (Å²) in [6.07, 6.45) is 0.123. The molecule has 178 valence electrons. The number of carbonyl (C=O) groups is 3. The Labute approximate surface area is 207 Å². The van der Waals surface area contributed by atoms with Crippen molar-refractivity contribution in [1.29, 1.82) is 0 Å². The molecule has 2 aromatic carbocycles. The molecule has 8 heteroatoms. The number of rotatable bonds is 9. The van der Waals surface area contributed by atoms with Crippen LogP contribution in [0.15, 0.2) is 54.5 Å². The van der Waals surface area contributed by atoms with Crippen molar-refractivity contribution in [3.63, 3.8) is 0 Å². The molecule has 1 heterocycles. The van der Waals surface area contributed by atoms with Gasteiger partial charge in [0.25, 0.3) is 0 Å². The number of hydrogen-bond donors (Lipinski definition) is 2. The second kappa shape index (κ2) is 12.4. The minimum Gasteiger partial charge on any atom is -0.480 e. The molecule has 1 aliphatic rings.